The van der Waals surface area contributed by atoms with Crippen LogP contribution in [-0.4, -0.2) is 30.9 Å². The van der Waals surface area contributed by atoms with Crippen LogP contribution >= 0.6 is 0 Å². The van der Waals surface area contributed by atoms with Crippen molar-refractivity contribution in [3.05, 3.63) is 84.4 Å². The van der Waals surface area contributed by atoms with E-state index in [4.69, 9.17) is 0 Å². The first-order chi connectivity index (χ1) is 14.9. The van der Waals surface area contributed by atoms with E-state index in [1.807, 2.05) is 12.2 Å². The van der Waals surface area contributed by atoms with Gasteiger partial charge in [-0.25, -0.2) is 4.68 Å². The summed E-state index contributed by atoms with van der Waals surface area (Å²) in [6.07, 6.45) is 7.61. The fourth-order valence-electron chi connectivity index (χ4n) is 2.86. The second kappa shape index (κ2) is 8.34. The number of alkyl halides is 3. The van der Waals surface area contributed by atoms with Gasteiger partial charge in [-0.1, -0.05) is 30.4 Å². The molecule has 1 amide bonds. The third-order valence-electron chi connectivity index (χ3n) is 4.35. The van der Waals surface area contributed by atoms with Gasteiger partial charge < -0.3 is 5.32 Å². The predicted octanol–water partition coefficient (Wildman–Crippen LogP) is 4.12. The monoisotopic (exact) mass is 424 g/mol. The Balaban J connectivity index is 1.61. The lowest BCUT2D eigenvalue weighted by Crippen LogP contribution is -2.17. The molecule has 3 heterocycles. The molecule has 0 unspecified atom stereocenters. The number of rotatable bonds is 4. The number of carbonyl (C=O) groups is 1. The van der Waals surface area contributed by atoms with Crippen molar-refractivity contribution in [2.75, 3.05) is 5.32 Å². The van der Waals surface area contributed by atoms with E-state index < -0.39 is 11.9 Å². The van der Waals surface area contributed by atoms with Gasteiger partial charge in [0.05, 0.1) is 5.69 Å². The number of nitrogens with zero attached hydrogens (tertiary/aromatic N) is 5. The summed E-state index contributed by atoms with van der Waals surface area (Å²) in [6.45, 7) is 0. The molecule has 1 N–H and O–H groups in total. The molecule has 31 heavy (non-hydrogen) atoms. The quantitative estimate of drug-likeness (QED) is 0.681. The van der Waals surface area contributed by atoms with Crippen molar-refractivity contribution in [2.45, 2.75) is 12.6 Å². The first-order valence-corrected chi connectivity index (χ1v) is 9.17. The molecule has 1 aliphatic rings. The Bertz CT molecular complexity index is 1180. The molecule has 0 aromatic carbocycles. The number of pyridine rings is 1. The Morgan fingerprint density at radius 3 is 2.68 bits per heavy atom. The van der Waals surface area contributed by atoms with E-state index in [9.17, 15) is 18.0 Å². The molecule has 0 aliphatic heterocycles. The highest BCUT2D eigenvalue weighted by molar-refractivity contribution is 6.03. The molecular formula is C21H15F3N6O. The largest absolute Gasteiger partial charge is 0.433 e. The van der Waals surface area contributed by atoms with Gasteiger partial charge in [0.15, 0.2) is 17.3 Å². The topological polar surface area (TPSA) is 85.6 Å². The second-order valence-corrected chi connectivity index (χ2v) is 6.51. The van der Waals surface area contributed by atoms with Gasteiger partial charge >= 0.3 is 6.18 Å². The smallest absolute Gasteiger partial charge is 0.305 e. The molecule has 4 rings (SSSR count). The number of allylic oxidation sites excluding steroid dienone is 5. The molecular weight excluding hydrogens is 409 g/mol. The molecule has 0 atom stereocenters. The molecule has 0 fully saturated rings. The van der Waals surface area contributed by atoms with Gasteiger partial charge in [-0.3, -0.25) is 9.78 Å². The van der Waals surface area contributed by atoms with Crippen molar-refractivity contribution in [3.63, 3.8) is 0 Å². The third kappa shape index (κ3) is 4.58. The van der Waals surface area contributed by atoms with E-state index in [2.05, 4.69) is 25.6 Å². The van der Waals surface area contributed by atoms with Crippen LogP contribution in [0.15, 0.2) is 78.7 Å². The maximum atomic E-state index is 13.6. The first kappa shape index (κ1) is 20.2. The zero-order valence-electron chi connectivity index (χ0n) is 15.9. The summed E-state index contributed by atoms with van der Waals surface area (Å²) in [7, 11) is 0. The number of anilines is 1. The Hall–Kier alpha value is -4.08. The van der Waals surface area contributed by atoms with Crippen molar-refractivity contribution in [2.24, 2.45) is 0 Å². The van der Waals surface area contributed by atoms with Crippen LogP contribution in [0, 0.1) is 0 Å². The summed E-state index contributed by atoms with van der Waals surface area (Å²) in [5.41, 5.74) is 0.0485. The van der Waals surface area contributed by atoms with E-state index >= 15 is 0 Å². The highest BCUT2D eigenvalue weighted by Crippen LogP contribution is 2.33. The molecule has 3 aromatic rings. The number of hydrogen-bond donors (Lipinski definition) is 1. The maximum absolute atomic E-state index is 13.6. The predicted molar refractivity (Wildman–Crippen MR) is 107 cm³/mol. The molecule has 0 saturated carbocycles. The van der Waals surface area contributed by atoms with Crippen molar-refractivity contribution in [1.82, 2.24) is 25.0 Å². The van der Waals surface area contributed by atoms with E-state index in [1.165, 1.54) is 24.5 Å². The fourth-order valence-corrected chi connectivity index (χ4v) is 2.86. The second-order valence-electron chi connectivity index (χ2n) is 6.51. The van der Waals surface area contributed by atoms with Gasteiger partial charge in [0.25, 0.3) is 5.91 Å². The summed E-state index contributed by atoms with van der Waals surface area (Å²) in [5.74, 6) is -0.396. The van der Waals surface area contributed by atoms with Crippen LogP contribution in [0.4, 0.5) is 19.0 Å². The molecule has 10 heteroatoms. The molecule has 0 saturated heterocycles. The van der Waals surface area contributed by atoms with E-state index in [0.29, 0.717) is 22.2 Å². The van der Waals surface area contributed by atoms with Gasteiger partial charge in [0, 0.05) is 23.5 Å². The Kier molecular flexibility index (Phi) is 5.44. The Morgan fingerprint density at radius 1 is 1.10 bits per heavy atom. The summed E-state index contributed by atoms with van der Waals surface area (Å²) < 4.78 is 41.3. The number of halogens is 3. The molecule has 0 bridgehead atoms. The lowest BCUT2D eigenvalue weighted by atomic mass is 10.1. The average Bonchev–Trinajstić information content (AvgIpc) is 3.04. The highest BCUT2D eigenvalue weighted by Gasteiger charge is 2.37. The third-order valence-corrected chi connectivity index (χ3v) is 4.35. The summed E-state index contributed by atoms with van der Waals surface area (Å²) in [6, 6.07) is 6.81. The lowest BCUT2D eigenvalue weighted by Gasteiger charge is -2.10. The van der Waals surface area contributed by atoms with Crippen LogP contribution in [-0.2, 0) is 11.0 Å². The van der Waals surface area contributed by atoms with Gasteiger partial charge in [-0.05, 0) is 36.8 Å². The number of aromatic nitrogens is 5. The number of amides is 1. The molecule has 3 aromatic heterocycles. The normalized spacial score (nSPS) is 13.6. The number of hydrogen-bond acceptors (Lipinski definition) is 5. The Labute approximate surface area is 174 Å². The summed E-state index contributed by atoms with van der Waals surface area (Å²) in [5, 5.41) is 14.3. The molecule has 1 aliphatic carbocycles. The summed E-state index contributed by atoms with van der Waals surface area (Å²) >= 11 is 0. The van der Waals surface area contributed by atoms with Crippen molar-refractivity contribution in [3.8, 4) is 17.1 Å². The average molecular weight is 424 g/mol. The SMILES string of the molecule is O=C(Nc1ccc(-n2nc(-c3cccnc3)cc2C(F)(F)F)nn1)C1=CC=CC=CC1. The van der Waals surface area contributed by atoms with Crippen molar-refractivity contribution >= 4 is 11.7 Å². The lowest BCUT2D eigenvalue weighted by molar-refractivity contribution is -0.142. The summed E-state index contributed by atoms with van der Waals surface area (Å²) in [4.78, 5) is 16.2. The van der Waals surface area contributed by atoms with E-state index in [0.717, 1.165) is 6.07 Å². The van der Waals surface area contributed by atoms with E-state index in [-0.39, 0.29) is 23.2 Å². The zero-order chi connectivity index (χ0) is 21.8. The minimum absolute atomic E-state index is 0.0982. The van der Waals surface area contributed by atoms with Crippen LogP contribution in [0.1, 0.15) is 12.1 Å². The van der Waals surface area contributed by atoms with Gasteiger partial charge in [0.2, 0.25) is 0 Å². The van der Waals surface area contributed by atoms with Gasteiger partial charge in [-0.2, -0.15) is 18.3 Å². The molecule has 7 nitrogen and oxygen atoms in total. The van der Waals surface area contributed by atoms with Crippen LogP contribution in [0.2, 0.25) is 0 Å². The van der Waals surface area contributed by atoms with Crippen LogP contribution in [0.5, 0.6) is 0 Å². The van der Waals surface area contributed by atoms with Crippen molar-refractivity contribution in [1.29, 1.82) is 0 Å². The van der Waals surface area contributed by atoms with Crippen LogP contribution in [0.25, 0.3) is 17.1 Å². The van der Waals surface area contributed by atoms with Crippen molar-refractivity contribution < 1.29 is 18.0 Å². The highest BCUT2D eigenvalue weighted by atomic mass is 19.4. The minimum atomic E-state index is -4.66. The van der Waals surface area contributed by atoms with E-state index in [1.54, 1.807) is 30.4 Å². The maximum Gasteiger partial charge on any atom is 0.433 e. The zero-order valence-corrected chi connectivity index (χ0v) is 15.9. The van der Waals surface area contributed by atoms with Gasteiger partial charge in [0.1, 0.15) is 0 Å². The minimum Gasteiger partial charge on any atom is -0.305 e. The standard InChI is InChI=1S/C21H15F3N6O/c22-21(23,24)17-12-16(15-8-5-11-25-13-15)29-30(17)19-10-9-18(27-28-19)26-20(31)14-6-3-1-2-4-7-14/h1-6,8-13H,7H2,(H,26,27,31). The molecule has 156 valence electrons. The molecule has 0 radical (unpaired) electrons. The van der Waals surface area contributed by atoms with Crippen LogP contribution in [0.3, 0.4) is 0 Å². The first-order valence-electron chi connectivity index (χ1n) is 9.17. The van der Waals surface area contributed by atoms with Crippen LogP contribution < -0.4 is 5.32 Å². The Morgan fingerprint density at radius 2 is 1.97 bits per heavy atom. The van der Waals surface area contributed by atoms with Gasteiger partial charge in [-0.15, -0.1) is 10.2 Å². The number of nitrogens with one attached hydrogen (secondary N) is 1. The number of carbonyl (C=O) groups excluding carboxylic acids is 1. The fraction of sp³-hybridized carbons (Fsp3) is 0.0952. The molecule has 0 spiro atoms.